The number of hydrogen-bond acceptors (Lipinski definition) is 3. The molecular weight excluding hydrogens is 286 g/mol. The minimum Gasteiger partial charge on any atom is -0.344 e. The van der Waals surface area contributed by atoms with E-state index in [1.807, 2.05) is 24.3 Å². The van der Waals surface area contributed by atoms with Gasteiger partial charge in [0.05, 0.1) is 0 Å². The van der Waals surface area contributed by atoms with E-state index in [4.69, 9.17) is 0 Å². The van der Waals surface area contributed by atoms with Gasteiger partial charge in [-0.1, -0.05) is 62.6 Å². The van der Waals surface area contributed by atoms with Crippen molar-refractivity contribution in [1.29, 1.82) is 0 Å². The van der Waals surface area contributed by atoms with Crippen LogP contribution in [0.1, 0.15) is 38.2 Å². The molecule has 2 aromatic rings. The van der Waals surface area contributed by atoms with Gasteiger partial charge in [0.25, 0.3) is 10.1 Å². The molecule has 0 fully saturated rings. The first-order valence-corrected chi connectivity index (χ1v) is 8.46. The molecule has 4 N–H and O–H groups in total. The van der Waals surface area contributed by atoms with Crippen molar-refractivity contribution in [1.82, 2.24) is 6.15 Å². The fraction of sp³-hybridized carbons (Fsp3) is 0.375. The van der Waals surface area contributed by atoms with Crippen molar-refractivity contribution in [2.45, 2.75) is 43.9 Å². The molecule has 0 saturated carbocycles. The topological polar surface area (TPSA) is 89.4 Å². The molecular formula is C16H23NO3S. The lowest BCUT2D eigenvalue weighted by atomic mass is 10.0. The van der Waals surface area contributed by atoms with Crippen LogP contribution < -0.4 is 6.15 Å². The maximum Gasteiger partial charge on any atom is 0.295 e. The van der Waals surface area contributed by atoms with Gasteiger partial charge in [0.2, 0.25) is 0 Å². The molecule has 21 heavy (non-hydrogen) atoms. The van der Waals surface area contributed by atoms with Crippen molar-refractivity contribution < 1.29 is 13.0 Å². The predicted molar refractivity (Wildman–Crippen MR) is 86.6 cm³/mol. The minimum atomic E-state index is -4.20. The van der Waals surface area contributed by atoms with Gasteiger partial charge in [-0.15, -0.1) is 0 Å². The standard InChI is InChI=1S/C16H20O3S.H3N/c1-2-3-4-5-9-14-12-11-13-8-6-7-10-15(13)16(14)20(17,18)19;/h6-8,10-12H,2-5,9H2,1H3,(H,17,18,19);1H3. The van der Waals surface area contributed by atoms with Crippen LogP contribution in [0.2, 0.25) is 0 Å². The Labute approximate surface area is 126 Å². The number of benzene rings is 2. The second kappa shape index (κ2) is 7.54. The molecule has 0 amide bonds. The third-order valence-corrected chi connectivity index (χ3v) is 4.52. The largest absolute Gasteiger partial charge is 0.344 e. The van der Waals surface area contributed by atoms with Crippen molar-refractivity contribution >= 4 is 20.9 Å². The Morgan fingerprint density at radius 3 is 2.38 bits per heavy atom. The molecule has 0 aliphatic heterocycles. The van der Waals surface area contributed by atoms with E-state index in [0.717, 1.165) is 31.1 Å². The maximum absolute atomic E-state index is 11.7. The highest BCUT2D eigenvalue weighted by Gasteiger charge is 2.18. The summed E-state index contributed by atoms with van der Waals surface area (Å²) in [6.07, 6.45) is 4.99. The van der Waals surface area contributed by atoms with Gasteiger partial charge in [0, 0.05) is 5.39 Å². The van der Waals surface area contributed by atoms with Gasteiger partial charge in [-0.25, -0.2) is 0 Å². The minimum absolute atomic E-state index is 0. The zero-order valence-electron chi connectivity index (χ0n) is 12.4. The van der Waals surface area contributed by atoms with Gasteiger partial charge in [-0.2, -0.15) is 8.42 Å². The number of rotatable bonds is 6. The van der Waals surface area contributed by atoms with E-state index in [1.165, 1.54) is 0 Å². The molecule has 0 atom stereocenters. The van der Waals surface area contributed by atoms with E-state index in [1.54, 1.807) is 12.1 Å². The van der Waals surface area contributed by atoms with E-state index < -0.39 is 10.1 Å². The van der Waals surface area contributed by atoms with Gasteiger partial charge < -0.3 is 6.15 Å². The molecule has 2 aromatic carbocycles. The SMILES string of the molecule is CCCCCCc1ccc2ccccc2c1S(=O)(=O)O.N. The number of aryl methyl sites for hydroxylation is 1. The summed E-state index contributed by atoms with van der Waals surface area (Å²) in [6, 6.07) is 11.0. The Kier molecular flexibility index (Phi) is 6.33. The van der Waals surface area contributed by atoms with Gasteiger partial charge >= 0.3 is 0 Å². The summed E-state index contributed by atoms with van der Waals surface area (Å²) in [5, 5.41) is 1.43. The van der Waals surface area contributed by atoms with Crippen molar-refractivity contribution in [2.24, 2.45) is 0 Å². The second-order valence-electron chi connectivity index (χ2n) is 5.06. The molecule has 0 spiro atoms. The van der Waals surface area contributed by atoms with E-state index in [2.05, 4.69) is 6.92 Å². The third-order valence-electron chi connectivity index (χ3n) is 3.52. The zero-order chi connectivity index (χ0) is 14.6. The lowest BCUT2D eigenvalue weighted by molar-refractivity contribution is 0.483. The predicted octanol–water partition coefficient (Wildman–Crippen LogP) is 4.37. The molecule has 0 bridgehead atoms. The van der Waals surface area contributed by atoms with Crippen LogP contribution in [0.15, 0.2) is 41.3 Å². The summed E-state index contributed by atoms with van der Waals surface area (Å²) in [7, 11) is -4.20. The second-order valence-corrected chi connectivity index (χ2v) is 6.42. The average molecular weight is 309 g/mol. The van der Waals surface area contributed by atoms with Crippen molar-refractivity contribution in [2.75, 3.05) is 0 Å². The normalized spacial score (nSPS) is 11.3. The molecule has 0 aliphatic carbocycles. The highest BCUT2D eigenvalue weighted by molar-refractivity contribution is 7.86. The third kappa shape index (κ3) is 4.27. The first kappa shape index (κ1) is 17.6. The van der Waals surface area contributed by atoms with Crippen LogP contribution in [0, 0.1) is 0 Å². The molecule has 0 radical (unpaired) electrons. The summed E-state index contributed by atoms with van der Waals surface area (Å²) < 4.78 is 33.0. The van der Waals surface area contributed by atoms with Crippen molar-refractivity contribution in [3.05, 3.63) is 42.0 Å². The van der Waals surface area contributed by atoms with Crippen molar-refractivity contribution in [3.8, 4) is 0 Å². The summed E-state index contributed by atoms with van der Waals surface area (Å²) >= 11 is 0. The molecule has 0 aromatic heterocycles. The van der Waals surface area contributed by atoms with E-state index >= 15 is 0 Å². The Morgan fingerprint density at radius 1 is 1.00 bits per heavy atom. The van der Waals surface area contributed by atoms with Crippen LogP contribution in [-0.4, -0.2) is 13.0 Å². The van der Waals surface area contributed by atoms with Gasteiger partial charge in [-0.3, -0.25) is 4.55 Å². The first-order chi connectivity index (χ1) is 9.54. The van der Waals surface area contributed by atoms with Crippen LogP contribution in [0.4, 0.5) is 0 Å². The Hall–Kier alpha value is -1.43. The summed E-state index contributed by atoms with van der Waals surface area (Å²) in [5.74, 6) is 0. The van der Waals surface area contributed by atoms with Crippen LogP contribution in [0.25, 0.3) is 10.8 Å². The van der Waals surface area contributed by atoms with Gasteiger partial charge in [0.15, 0.2) is 0 Å². The smallest absolute Gasteiger partial charge is 0.295 e. The lowest BCUT2D eigenvalue weighted by Crippen LogP contribution is -2.04. The molecule has 0 aliphatic rings. The van der Waals surface area contributed by atoms with Crippen LogP contribution in [0.5, 0.6) is 0 Å². The summed E-state index contributed by atoms with van der Waals surface area (Å²) in [4.78, 5) is 0.0760. The van der Waals surface area contributed by atoms with Crippen LogP contribution in [0.3, 0.4) is 0 Å². The Bertz CT molecular complexity index is 696. The van der Waals surface area contributed by atoms with Crippen molar-refractivity contribution in [3.63, 3.8) is 0 Å². The highest BCUT2D eigenvalue weighted by Crippen LogP contribution is 2.28. The van der Waals surface area contributed by atoms with E-state index in [0.29, 0.717) is 17.4 Å². The van der Waals surface area contributed by atoms with E-state index in [-0.39, 0.29) is 11.0 Å². The molecule has 0 heterocycles. The fourth-order valence-electron chi connectivity index (χ4n) is 2.53. The molecule has 0 saturated heterocycles. The number of fused-ring (bicyclic) bond motifs is 1. The van der Waals surface area contributed by atoms with Gasteiger partial charge in [-0.05, 0) is 23.8 Å². The van der Waals surface area contributed by atoms with E-state index in [9.17, 15) is 13.0 Å². The Balaban J connectivity index is 0.00000220. The molecule has 116 valence electrons. The van der Waals surface area contributed by atoms with Crippen LogP contribution >= 0.6 is 0 Å². The fourth-order valence-corrected chi connectivity index (χ4v) is 3.50. The zero-order valence-corrected chi connectivity index (χ0v) is 13.2. The maximum atomic E-state index is 11.7. The highest BCUT2D eigenvalue weighted by atomic mass is 32.2. The van der Waals surface area contributed by atoms with Gasteiger partial charge in [0.1, 0.15) is 4.90 Å². The lowest BCUT2D eigenvalue weighted by Gasteiger charge is -2.10. The molecule has 5 heteroatoms. The Morgan fingerprint density at radius 2 is 1.71 bits per heavy atom. The summed E-state index contributed by atoms with van der Waals surface area (Å²) in [6.45, 7) is 2.14. The molecule has 2 rings (SSSR count). The van der Waals surface area contributed by atoms with Crippen LogP contribution in [-0.2, 0) is 16.5 Å². The molecule has 0 unspecified atom stereocenters. The first-order valence-electron chi connectivity index (χ1n) is 7.02. The average Bonchev–Trinajstić information content (AvgIpc) is 2.41. The molecule has 4 nitrogen and oxygen atoms in total. The monoisotopic (exact) mass is 309 g/mol. The quantitative estimate of drug-likeness (QED) is 0.612. The number of hydrogen-bond donors (Lipinski definition) is 2. The number of unbranched alkanes of at least 4 members (excludes halogenated alkanes) is 3. The summed E-state index contributed by atoms with van der Waals surface area (Å²) in [5.41, 5.74) is 0.710.